The van der Waals surface area contributed by atoms with E-state index in [0.717, 1.165) is 0 Å². The number of ether oxygens (including phenoxy) is 1. The summed E-state index contributed by atoms with van der Waals surface area (Å²) in [4.78, 5) is 23.1. The van der Waals surface area contributed by atoms with Gasteiger partial charge in [0.15, 0.2) is 0 Å². The van der Waals surface area contributed by atoms with Crippen molar-refractivity contribution in [3.8, 4) is 0 Å². The third-order valence-corrected chi connectivity index (χ3v) is 2.72. The zero-order valence-corrected chi connectivity index (χ0v) is 9.39. The monoisotopic (exact) mass is 216 g/mol. The van der Waals surface area contributed by atoms with E-state index in [9.17, 15) is 14.9 Å². The smallest absolute Gasteiger partial charge is 0.415 e. The van der Waals surface area contributed by atoms with E-state index in [1.165, 1.54) is 11.8 Å². The van der Waals surface area contributed by atoms with Crippen molar-refractivity contribution < 1.29 is 14.5 Å². The van der Waals surface area contributed by atoms with Crippen LogP contribution < -0.4 is 0 Å². The first-order valence-electron chi connectivity index (χ1n) is 4.97. The highest BCUT2D eigenvalue weighted by Crippen LogP contribution is 2.45. The highest BCUT2D eigenvalue weighted by molar-refractivity contribution is 5.72. The summed E-state index contributed by atoms with van der Waals surface area (Å²) in [6.07, 6.45) is -0.601. The highest BCUT2D eigenvalue weighted by Gasteiger charge is 2.74. The third-order valence-electron chi connectivity index (χ3n) is 2.72. The zero-order valence-electron chi connectivity index (χ0n) is 9.39. The molecule has 1 heterocycles. The van der Waals surface area contributed by atoms with E-state index >= 15 is 0 Å². The average molecular weight is 216 g/mol. The molecule has 1 aliphatic heterocycles. The van der Waals surface area contributed by atoms with Gasteiger partial charge in [0.2, 0.25) is 0 Å². The van der Waals surface area contributed by atoms with Crippen LogP contribution in [0.15, 0.2) is 0 Å². The molecule has 2 atom stereocenters. The minimum absolute atomic E-state index is 0.0461. The van der Waals surface area contributed by atoms with Gasteiger partial charge in [-0.3, -0.25) is 10.1 Å². The van der Waals surface area contributed by atoms with Gasteiger partial charge in [-0.1, -0.05) is 13.8 Å². The number of carbonyl (C=O) groups excluding carboxylic acids is 1. The van der Waals surface area contributed by atoms with Gasteiger partial charge in [0.05, 0.1) is 11.5 Å². The van der Waals surface area contributed by atoms with Crippen LogP contribution in [0, 0.1) is 16.0 Å². The normalized spacial score (nSPS) is 29.1. The number of carbonyl (C=O) groups is 1. The Morgan fingerprint density at radius 2 is 2.20 bits per heavy atom. The van der Waals surface area contributed by atoms with E-state index in [-0.39, 0.29) is 18.6 Å². The molecule has 0 aromatic carbocycles. The largest absolute Gasteiger partial charge is 0.450 e. The molecular weight excluding hydrogens is 200 g/mol. The van der Waals surface area contributed by atoms with Crippen LogP contribution in [-0.2, 0) is 4.74 Å². The number of nitro groups is 1. The van der Waals surface area contributed by atoms with Crippen LogP contribution in [0.4, 0.5) is 4.79 Å². The lowest BCUT2D eigenvalue weighted by Gasteiger charge is -2.04. The molecule has 0 radical (unpaired) electrons. The average Bonchev–Trinajstić information content (AvgIpc) is 2.74. The quantitative estimate of drug-likeness (QED) is 0.407. The summed E-state index contributed by atoms with van der Waals surface area (Å²) in [5, 5.41) is 10.9. The summed E-state index contributed by atoms with van der Waals surface area (Å²) in [5.74, 6) is 0.0461. The van der Waals surface area contributed by atoms with Crippen LogP contribution in [0.3, 0.4) is 0 Å². The van der Waals surface area contributed by atoms with Crippen molar-refractivity contribution in [1.29, 1.82) is 0 Å². The molecule has 0 saturated carbocycles. The number of hydrogen-bond acceptors (Lipinski definition) is 4. The molecule has 6 nitrogen and oxygen atoms in total. The maximum absolute atomic E-state index is 11.4. The predicted octanol–water partition coefficient (Wildman–Crippen LogP) is 1.48. The minimum atomic E-state index is -1.29. The van der Waals surface area contributed by atoms with E-state index in [0.29, 0.717) is 0 Å². The lowest BCUT2D eigenvalue weighted by Crippen LogP contribution is -2.29. The van der Waals surface area contributed by atoms with E-state index in [2.05, 4.69) is 0 Å². The second kappa shape index (κ2) is 3.67. The topological polar surface area (TPSA) is 72.5 Å². The second-order valence-electron chi connectivity index (χ2n) is 4.11. The van der Waals surface area contributed by atoms with Crippen molar-refractivity contribution in [2.75, 3.05) is 6.61 Å². The number of hydrogen-bond donors (Lipinski definition) is 0. The Balaban J connectivity index is 2.82. The molecule has 0 N–H and O–H groups in total. The van der Waals surface area contributed by atoms with Crippen LogP contribution >= 0.6 is 0 Å². The van der Waals surface area contributed by atoms with Crippen molar-refractivity contribution in [2.24, 2.45) is 5.92 Å². The van der Waals surface area contributed by atoms with Crippen LogP contribution in [-0.4, -0.2) is 34.2 Å². The molecular formula is C9H16N2O4. The third kappa shape index (κ3) is 1.64. The Kier molecular flexibility index (Phi) is 2.88. The number of rotatable bonds is 3. The maximum Gasteiger partial charge on any atom is 0.415 e. The molecule has 1 amide bonds. The number of nitrogens with zero attached hydrogens (tertiary/aromatic N) is 2. The molecule has 0 spiro atoms. The van der Waals surface area contributed by atoms with E-state index in [4.69, 9.17) is 4.74 Å². The summed E-state index contributed by atoms with van der Waals surface area (Å²) >= 11 is 0. The predicted molar refractivity (Wildman–Crippen MR) is 52.9 cm³/mol. The van der Waals surface area contributed by atoms with Crippen molar-refractivity contribution in [3.05, 3.63) is 10.1 Å². The van der Waals surface area contributed by atoms with Gasteiger partial charge in [0.1, 0.15) is 6.04 Å². The fourth-order valence-electron chi connectivity index (χ4n) is 2.02. The van der Waals surface area contributed by atoms with Gasteiger partial charge in [0.25, 0.3) is 0 Å². The maximum atomic E-state index is 11.4. The molecule has 0 aliphatic carbocycles. The van der Waals surface area contributed by atoms with Crippen LogP contribution in [0.1, 0.15) is 27.7 Å². The van der Waals surface area contributed by atoms with E-state index in [1.54, 1.807) is 6.92 Å². The molecule has 6 heteroatoms. The van der Waals surface area contributed by atoms with Gasteiger partial charge in [-0.15, -0.1) is 0 Å². The van der Waals surface area contributed by atoms with Gasteiger partial charge in [-0.25, -0.2) is 9.69 Å². The van der Waals surface area contributed by atoms with Crippen molar-refractivity contribution >= 4 is 6.09 Å². The fourth-order valence-corrected chi connectivity index (χ4v) is 2.02. The summed E-state index contributed by atoms with van der Waals surface area (Å²) in [6.45, 7) is 7.06. The molecule has 0 bridgehead atoms. The zero-order chi connectivity index (χ0) is 11.8. The molecule has 1 aliphatic rings. The van der Waals surface area contributed by atoms with E-state index in [1.807, 2.05) is 13.8 Å². The lowest BCUT2D eigenvalue weighted by atomic mass is 10.1. The Labute approximate surface area is 88.3 Å². The first-order valence-corrected chi connectivity index (χ1v) is 4.97. The van der Waals surface area contributed by atoms with Crippen molar-refractivity contribution in [2.45, 2.75) is 39.4 Å². The Morgan fingerprint density at radius 1 is 1.67 bits per heavy atom. The molecule has 0 aromatic rings. The standard InChI is InChI=1S/C9H16N2O4/c1-5-15-8(12)10-7(6(2)3)9(10,4)11(13)14/h6-7H,5H2,1-4H3/t7-,9-,10?/m0/s1. The first kappa shape index (κ1) is 11.7. The minimum Gasteiger partial charge on any atom is -0.450 e. The first-order chi connectivity index (χ1) is 6.87. The molecule has 1 saturated heterocycles. The Bertz CT molecular complexity index is 292. The molecule has 0 unspecified atom stereocenters. The van der Waals surface area contributed by atoms with Crippen LogP contribution in [0.2, 0.25) is 0 Å². The van der Waals surface area contributed by atoms with Crippen LogP contribution in [0.25, 0.3) is 0 Å². The van der Waals surface area contributed by atoms with Crippen molar-refractivity contribution in [1.82, 2.24) is 4.90 Å². The molecule has 1 fully saturated rings. The van der Waals surface area contributed by atoms with E-state index < -0.39 is 16.7 Å². The molecule has 0 aromatic heterocycles. The lowest BCUT2D eigenvalue weighted by molar-refractivity contribution is -0.545. The van der Waals surface area contributed by atoms with Gasteiger partial charge in [-0.2, -0.15) is 0 Å². The molecule has 86 valence electrons. The molecule has 1 rings (SSSR count). The molecule has 15 heavy (non-hydrogen) atoms. The SMILES string of the molecule is CCOC(=O)N1[C@@H](C(C)C)[C@]1(C)[N+](=O)[O-]. The Morgan fingerprint density at radius 3 is 2.47 bits per heavy atom. The van der Waals surface area contributed by atoms with Gasteiger partial charge < -0.3 is 4.74 Å². The Hall–Kier alpha value is -1.33. The number of amides is 1. The highest BCUT2D eigenvalue weighted by atomic mass is 16.6. The van der Waals surface area contributed by atoms with Crippen LogP contribution in [0.5, 0.6) is 0 Å². The van der Waals surface area contributed by atoms with Crippen molar-refractivity contribution in [3.63, 3.8) is 0 Å². The summed E-state index contributed by atoms with van der Waals surface area (Å²) < 4.78 is 4.77. The fraction of sp³-hybridized carbons (Fsp3) is 0.889. The van der Waals surface area contributed by atoms with Gasteiger partial charge in [0, 0.05) is 6.92 Å². The second-order valence-corrected chi connectivity index (χ2v) is 4.11. The summed E-state index contributed by atoms with van der Waals surface area (Å²) in [7, 11) is 0. The summed E-state index contributed by atoms with van der Waals surface area (Å²) in [6, 6.07) is -0.369. The summed E-state index contributed by atoms with van der Waals surface area (Å²) in [5.41, 5.74) is -1.29. The van der Waals surface area contributed by atoms with Gasteiger partial charge in [-0.05, 0) is 12.8 Å². The van der Waals surface area contributed by atoms with Gasteiger partial charge >= 0.3 is 11.8 Å².